The molecular formula is C27H34O3. The molecule has 0 aliphatic heterocycles. The van der Waals surface area contributed by atoms with Gasteiger partial charge in [0.25, 0.3) is 0 Å². The number of methoxy groups -OCH3 is 1. The van der Waals surface area contributed by atoms with Gasteiger partial charge in [0.15, 0.2) is 5.78 Å². The highest BCUT2D eigenvalue weighted by Gasteiger charge is 2.59. The first kappa shape index (κ1) is 20.1. The number of carbonyl (C=O) groups excluding carboxylic acids is 1. The van der Waals surface area contributed by atoms with Gasteiger partial charge in [-0.25, -0.2) is 0 Å². The molecule has 0 aromatic heterocycles. The molecule has 0 amide bonds. The van der Waals surface area contributed by atoms with Gasteiger partial charge in [0.1, 0.15) is 5.75 Å². The molecular weight excluding hydrogens is 372 g/mol. The summed E-state index contributed by atoms with van der Waals surface area (Å²) >= 11 is 0. The molecule has 160 valence electrons. The van der Waals surface area contributed by atoms with Gasteiger partial charge in [-0.2, -0.15) is 0 Å². The van der Waals surface area contributed by atoms with E-state index in [-0.39, 0.29) is 16.9 Å². The van der Waals surface area contributed by atoms with E-state index in [4.69, 9.17) is 4.74 Å². The zero-order valence-corrected chi connectivity index (χ0v) is 18.5. The quantitative estimate of drug-likeness (QED) is 0.515. The van der Waals surface area contributed by atoms with Crippen LogP contribution in [0.5, 0.6) is 5.75 Å². The molecule has 0 saturated heterocycles. The maximum atomic E-state index is 13.5. The molecule has 30 heavy (non-hydrogen) atoms. The lowest BCUT2D eigenvalue weighted by molar-refractivity contribution is -0.130. The van der Waals surface area contributed by atoms with Gasteiger partial charge in [0.2, 0.25) is 0 Å². The lowest BCUT2D eigenvalue weighted by atomic mass is 9.48. The van der Waals surface area contributed by atoms with Crippen LogP contribution in [0.4, 0.5) is 0 Å². The third kappa shape index (κ3) is 2.92. The molecule has 0 heterocycles. The fraction of sp³-hybridized carbons (Fsp3) is 0.593. The number of fused-ring (bicyclic) bond motifs is 5. The fourth-order valence-electron chi connectivity index (χ4n) is 7.34. The van der Waals surface area contributed by atoms with Crippen LogP contribution in [0.3, 0.4) is 0 Å². The van der Waals surface area contributed by atoms with Crippen molar-refractivity contribution >= 4 is 11.9 Å². The molecule has 4 aliphatic rings. The van der Waals surface area contributed by atoms with Crippen molar-refractivity contribution in [2.45, 2.75) is 64.9 Å². The van der Waals surface area contributed by atoms with Crippen molar-refractivity contribution in [3.05, 3.63) is 47.1 Å². The van der Waals surface area contributed by atoms with Crippen molar-refractivity contribution in [2.75, 3.05) is 7.11 Å². The number of allylic oxidation sites excluding steroid dienone is 2. The maximum absolute atomic E-state index is 13.5. The Morgan fingerprint density at radius 2 is 1.77 bits per heavy atom. The summed E-state index contributed by atoms with van der Waals surface area (Å²) in [5, 5.41) is 10.2. The van der Waals surface area contributed by atoms with E-state index < -0.39 is 0 Å². The minimum atomic E-state index is -0.213. The van der Waals surface area contributed by atoms with Crippen LogP contribution in [0, 0.1) is 28.6 Å². The van der Waals surface area contributed by atoms with E-state index in [1.54, 1.807) is 7.11 Å². The lowest BCUT2D eigenvalue weighted by Gasteiger charge is -2.56. The van der Waals surface area contributed by atoms with E-state index in [2.05, 4.69) is 26.0 Å². The topological polar surface area (TPSA) is 46.5 Å². The second kappa shape index (κ2) is 7.09. The minimum Gasteiger partial charge on any atom is -0.497 e. The van der Waals surface area contributed by atoms with Crippen LogP contribution >= 0.6 is 0 Å². The Morgan fingerprint density at radius 1 is 1.03 bits per heavy atom. The largest absolute Gasteiger partial charge is 0.497 e. The summed E-state index contributed by atoms with van der Waals surface area (Å²) < 4.78 is 5.26. The smallest absolute Gasteiger partial charge is 0.165 e. The van der Waals surface area contributed by atoms with E-state index in [0.29, 0.717) is 23.5 Å². The van der Waals surface area contributed by atoms with Crippen LogP contribution in [0.2, 0.25) is 0 Å². The Labute approximate surface area is 180 Å². The van der Waals surface area contributed by atoms with Gasteiger partial charge in [-0.1, -0.05) is 37.6 Å². The predicted octanol–water partition coefficient (Wildman–Crippen LogP) is 5.58. The molecule has 3 nitrogen and oxygen atoms in total. The number of aliphatic hydroxyl groups is 1. The van der Waals surface area contributed by atoms with Gasteiger partial charge in [-0.05, 0) is 97.5 Å². The Hall–Kier alpha value is -1.87. The number of ketones is 1. The Morgan fingerprint density at radius 3 is 2.50 bits per heavy atom. The third-order valence-electron chi connectivity index (χ3n) is 9.17. The summed E-state index contributed by atoms with van der Waals surface area (Å²) in [4.78, 5) is 13.5. The number of hydrogen-bond acceptors (Lipinski definition) is 3. The molecule has 1 aromatic carbocycles. The zero-order chi connectivity index (χ0) is 21.1. The lowest BCUT2D eigenvalue weighted by Crippen LogP contribution is -2.50. The second-order valence-corrected chi connectivity index (χ2v) is 10.6. The first-order valence-corrected chi connectivity index (χ1v) is 11.6. The summed E-state index contributed by atoms with van der Waals surface area (Å²) in [7, 11) is 1.67. The monoisotopic (exact) mass is 406 g/mol. The molecule has 0 spiro atoms. The predicted molar refractivity (Wildman–Crippen MR) is 119 cm³/mol. The summed E-state index contributed by atoms with van der Waals surface area (Å²) in [5.74, 6) is 2.89. The first-order valence-electron chi connectivity index (χ1n) is 11.6. The summed E-state index contributed by atoms with van der Waals surface area (Å²) in [6, 6.07) is 8.00. The Bertz CT molecular complexity index is 911. The Kier molecular flexibility index (Phi) is 4.74. The molecule has 6 atom stereocenters. The van der Waals surface area contributed by atoms with Crippen molar-refractivity contribution in [3.8, 4) is 5.75 Å². The van der Waals surface area contributed by atoms with E-state index >= 15 is 0 Å². The number of hydrogen-bond donors (Lipinski definition) is 1. The third-order valence-corrected chi connectivity index (χ3v) is 9.17. The number of benzene rings is 1. The molecule has 0 unspecified atom stereocenters. The number of ether oxygens (including phenoxy) is 1. The van der Waals surface area contributed by atoms with E-state index in [1.807, 2.05) is 24.3 Å². The summed E-state index contributed by atoms with van der Waals surface area (Å²) in [5.41, 5.74) is 3.58. The number of aliphatic hydroxyl groups excluding tert-OH is 1. The van der Waals surface area contributed by atoms with Crippen molar-refractivity contribution in [2.24, 2.45) is 28.6 Å². The van der Waals surface area contributed by atoms with Gasteiger partial charge in [0.05, 0.1) is 13.2 Å². The molecule has 1 aromatic rings. The number of rotatable bonds is 2. The molecule has 3 heteroatoms. The van der Waals surface area contributed by atoms with Crippen molar-refractivity contribution in [1.82, 2.24) is 0 Å². The first-order chi connectivity index (χ1) is 14.3. The average molecular weight is 407 g/mol. The van der Waals surface area contributed by atoms with Gasteiger partial charge in [0, 0.05) is 5.41 Å². The molecule has 3 saturated carbocycles. The van der Waals surface area contributed by atoms with Gasteiger partial charge < -0.3 is 9.84 Å². The highest BCUT2D eigenvalue weighted by Crippen LogP contribution is 2.64. The molecule has 0 bridgehead atoms. The molecule has 3 fully saturated rings. The number of Topliss-reactive ketones (excluding diaryl/α,β-unsaturated/α-hetero) is 1. The molecule has 4 aliphatic carbocycles. The SMILES string of the molecule is COc1ccc(/C=C2\C[C@H]3[C@@H]4CC=C5C[C@H](O)CC[C@]5(C)[C@H]4CC[C@]3(C)C2=O)cc1. The fourth-order valence-corrected chi connectivity index (χ4v) is 7.34. The van der Waals surface area contributed by atoms with Crippen molar-refractivity contribution in [3.63, 3.8) is 0 Å². The van der Waals surface area contributed by atoms with Crippen LogP contribution in [-0.4, -0.2) is 24.1 Å². The molecule has 1 N–H and O–H groups in total. The van der Waals surface area contributed by atoms with E-state index in [0.717, 1.165) is 61.8 Å². The van der Waals surface area contributed by atoms with Gasteiger partial charge in [-0.15, -0.1) is 0 Å². The summed E-state index contributed by atoms with van der Waals surface area (Å²) in [6.07, 6.45) is 11.4. The van der Waals surface area contributed by atoms with Gasteiger partial charge >= 0.3 is 0 Å². The number of carbonyl (C=O) groups is 1. The van der Waals surface area contributed by atoms with E-state index in [1.165, 1.54) is 5.57 Å². The van der Waals surface area contributed by atoms with Gasteiger partial charge in [-0.3, -0.25) is 4.79 Å². The van der Waals surface area contributed by atoms with Crippen LogP contribution in [0.1, 0.15) is 64.4 Å². The minimum absolute atomic E-state index is 0.165. The van der Waals surface area contributed by atoms with E-state index in [9.17, 15) is 9.90 Å². The molecule has 0 radical (unpaired) electrons. The average Bonchev–Trinajstić information content (AvgIpc) is 3.00. The van der Waals surface area contributed by atoms with Crippen LogP contribution in [0.15, 0.2) is 41.5 Å². The maximum Gasteiger partial charge on any atom is 0.165 e. The van der Waals surface area contributed by atoms with Crippen LogP contribution in [-0.2, 0) is 4.79 Å². The highest BCUT2D eigenvalue weighted by molar-refractivity contribution is 6.05. The standard InChI is InChI=1S/C27H34O3/c1-26-12-10-20(28)16-19(26)6-9-22-23(26)11-13-27(2)24(22)15-18(25(27)29)14-17-4-7-21(30-3)8-5-17/h4-8,14,20,22-24,28H,9-13,15-16H2,1-3H3/b18-14+/t20-,22-,23+,24+,26+,27+/m1/s1. The van der Waals surface area contributed by atoms with Crippen LogP contribution in [0.25, 0.3) is 6.08 Å². The second-order valence-electron chi connectivity index (χ2n) is 10.6. The Balaban J connectivity index is 1.45. The summed E-state index contributed by atoms with van der Waals surface area (Å²) in [6.45, 7) is 4.67. The highest BCUT2D eigenvalue weighted by atomic mass is 16.5. The van der Waals surface area contributed by atoms with Crippen LogP contribution < -0.4 is 4.74 Å². The normalized spacial score (nSPS) is 41.7. The van der Waals surface area contributed by atoms with Crippen molar-refractivity contribution < 1.29 is 14.6 Å². The zero-order valence-electron chi connectivity index (χ0n) is 18.5. The van der Waals surface area contributed by atoms with Crippen molar-refractivity contribution in [1.29, 1.82) is 0 Å². The molecule has 5 rings (SSSR count).